The van der Waals surface area contributed by atoms with Crippen LogP contribution in [0, 0.1) is 6.92 Å². The van der Waals surface area contributed by atoms with E-state index in [1.165, 1.54) is 6.33 Å². The third-order valence-corrected chi connectivity index (χ3v) is 3.01. The van der Waals surface area contributed by atoms with Crippen LogP contribution in [0.4, 0.5) is 0 Å². The molecule has 0 aromatic carbocycles. The normalized spacial score (nSPS) is 10.5. The summed E-state index contributed by atoms with van der Waals surface area (Å²) in [6, 6.07) is 3.55. The number of pyridine rings is 1. The number of carbonyl (C=O) groups excluding carboxylic acids is 1. The minimum atomic E-state index is -0.271. The molecule has 23 heavy (non-hydrogen) atoms. The second kappa shape index (κ2) is 6.22. The SMILES string of the molecule is C=CCNC(=O)c1cn(-c2cc(-c3nc(C)no3)ccn2)cn1. The van der Waals surface area contributed by atoms with Crippen LogP contribution in [0.3, 0.4) is 0 Å². The zero-order valence-electron chi connectivity index (χ0n) is 12.4. The highest BCUT2D eigenvalue weighted by atomic mass is 16.5. The van der Waals surface area contributed by atoms with Gasteiger partial charge in [0.2, 0.25) is 0 Å². The third-order valence-electron chi connectivity index (χ3n) is 3.01. The van der Waals surface area contributed by atoms with Crippen molar-refractivity contribution in [2.75, 3.05) is 6.54 Å². The molecule has 1 amide bonds. The molecule has 0 saturated heterocycles. The molecule has 0 bridgehead atoms. The Morgan fingerprint density at radius 3 is 3.09 bits per heavy atom. The van der Waals surface area contributed by atoms with Gasteiger partial charge < -0.3 is 9.84 Å². The van der Waals surface area contributed by atoms with Crippen LogP contribution in [0.1, 0.15) is 16.3 Å². The van der Waals surface area contributed by atoms with Crippen LogP contribution in [-0.2, 0) is 0 Å². The van der Waals surface area contributed by atoms with E-state index in [4.69, 9.17) is 4.52 Å². The van der Waals surface area contributed by atoms with Gasteiger partial charge in [-0.15, -0.1) is 6.58 Å². The Labute approximate surface area is 131 Å². The molecule has 0 saturated carbocycles. The van der Waals surface area contributed by atoms with E-state index < -0.39 is 0 Å². The molecular formula is C15H14N6O2. The number of hydrogen-bond acceptors (Lipinski definition) is 6. The largest absolute Gasteiger partial charge is 0.347 e. The Morgan fingerprint density at radius 2 is 2.35 bits per heavy atom. The molecule has 3 aromatic heterocycles. The van der Waals surface area contributed by atoms with Crippen LogP contribution < -0.4 is 5.32 Å². The summed E-state index contributed by atoms with van der Waals surface area (Å²) >= 11 is 0. The maximum Gasteiger partial charge on any atom is 0.271 e. The van der Waals surface area contributed by atoms with E-state index in [0.29, 0.717) is 29.8 Å². The standard InChI is InChI=1S/C15H14N6O2/c1-3-5-17-14(22)12-8-21(9-18-12)13-7-11(4-6-16-13)15-19-10(2)20-23-15/h3-4,6-9H,1,5H2,2H3,(H,17,22). The summed E-state index contributed by atoms with van der Waals surface area (Å²) < 4.78 is 6.79. The third kappa shape index (κ3) is 3.15. The summed E-state index contributed by atoms with van der Waals surface area (Å²) in [7, 11) is 0. The molecule has 3 heterocycles. The van der Waals surface area contributed by atoms with Crippen LogP contribution in [0.25, 0.3) is 17.3 Å². The van der Waals surface area contributed by atoms with Crippen molar-refractivity contribution in [1.29, 1.82) is 0 Å². The summed E-state index contributed by atoms with van der Waals surface area (Å²) in [6.07, 6.45) is 6.35. The summed E-state index contributed by atoms with van der Waals surface area (Å²) in [6.45, 7) is 5.68. The molecular weight excluding hydrogens is 296 g/mol. The first-order valence-corrected chi connectivity index (χ1v) is 6.87. The van der Waals surface area contributed by atoms with Gasteiger partial charge in [0.1, 0.15) is 17.8 Å². The highest BCUT2D eigenvalue weighted by Gasteiger charge is 2.11. The first-order chi connectivity index (χ1) is 11.2. The molecule has 0 atom stereocenters. The quantitative estimate of drug-likeness (QED) is 0.718. The Balaban J connectivity index is 1.86. The average Bonchev–Trinajstić information content (AvgIpc) is 3.22. The van der Waals surface area contributed by atoms with Gasteiger partial charge in [0, 0.05) is 24.5 Å². The number of nitrogens with zero attached hydrogens (tertiary/aromatic N) is 5. The zero-order valence-corrected chi connectivity index (χ0v) is 12.4. The lowest BCUT2D eigenvalue weighted by atomic mass is 10.2. The van der Waals surface area contributed by atoms with Gasteiger partial charge in [0.25, 0.3) is 11.8 Å². The number of amides is 1. The number of rotatable bonds is 5. The molecule has 0 aliphatic carbocycles. The van der Waals surface area contributed by atoms with Gasteiger partial charge in [0.05, 0.1) is 0 Å². The first-order valence-electron chi connectivity index (χ1n) is 6.87. The maximum absolute atomic E-state index is 11.9. The Kier molecular flexibility index (Phi) is 3.96. The van der Waals surface area contributed by atoms with Gasteiger partial charge in [-0.05, 0) is 19.1 Å². The predicted molar refractivity (Wildman–Crippen MR) is 81.9 cm³/mol. The van der Waals surface area contributed by atoms with E-state index in [-0.39, 0.29) is 5.91 Å². The van der Waals surface area contributed by atoms with Crippen LogP contribution >= 0.6 is 0 Å². The first kappa shape index (κ1) is 14.6. The molecule has 0 spiro atoms. The highest BCUT2D eigenvalue weighted by molar-refractivity contribution is 5.92. The molecule has 3 rings (SSSR count). The van der Waals surface area contributed by atoms with E-state index in [0.717, 1.165) is 5.56 Å². The fraction of sp³-hybridized carbons (Fsp3) is 0.133. The van der Waals surface area contributed by atoms with Crippen molar-refractivity contribution in [3.63, 3.8) is 0 Å². The summed E-state index contributed by atoms with van der Waals surface area (Å²) in [5.74, 6) is 1.29. The number of aryl methyl sites for hydroxylation is 1. The van der Waals surface area contributed by atoms with Crippen molar-refractivity contribution in [3.8, 4) is 17.3 Å². The summed E-state index contributed by atoms with van der Waals surface area (Å²) in [4.78, 5) is 24.4. The van der Waals surface area contributed by atoms with Crippen molar-refractivity contribution in [1.82, 2.24) is 30.0 Å². The maximum atomic E-state index is 11.9. The lowest BCUT2D eigenvalue weighted by Gasteiger charge is -2.02. The van der Waals surface area contributed by atoms with Gasteiger partial charge in [-0.2, -0.15) is 4.98 Å². The fourth-order valence-corrected chi connectivity index (χ4v) is 1.93. The van der Waals surface area contributed by atoms with E-state index in [9.17, 15) is 4.79 Å². The van der Waals surface area contributed by atoms with E-state index in [1.807, 2.05) is 0 Å². The number of aromatic nitrogens is 5. The van der Waals surface area contributed by atoms with Gasteiger partial charge >= 0.3 is 0 Å². The minimum absolute atomic E-state index is 0.271. The highest BCUT2D eigenvalue weighted by Crippen LogP contribution is 2.19. The molecule has 0 aliphatic heterocycles. The molecule has 0 radical (unpaired) electrons. The Hall–Kier alpha value is -3.29. The van der Waals surface area contributed by atoms with E-state index in [2.05, 4.69) is 32.0 Å². The summed E-state index contributed by atoms with van der Waals surface area (Å²) in [5.41, 5.74) is 1.04. The lowest BCUT2D eigenvalue weighted by molar-refractivity contribution is 0.0953. The van der Waals surface area contributed by atoms with Crippen molar-refractivity contribution in [3.05, 3.63) is 55.0 Å². The Bertz CT molecular complexity index is 851. The molecule has 0 unspecified atom stereocenters. The van der Waals surface area contributed by atoms with Crippen LogP contribution in [-0.4, -0.2) is 37.1 Å². The van der Waals surface area contributed by atoms with E-state index in [1.54, 1.807) is 42.1 Å². The second-order valence-electron chi connectivity index (χ2n) is 4.71. The van der Waals surface area contributed by atoms with Crippen molar-refractivity contribution in [2.24, 2.45) is 0 Å². The van der Waals surface area contributed by atoms with Gasteiger partial charge in [-0.1, -0.05) is 11.2 Å². The smallest absolute Gasteiger partial charge is 0.271 e. The Morgan fingerprint density at radius 1 is 1.48 bits per heavy atom. The van der Waals surface area contributed by atoms with Crippen LogP contribution in [0.5, 0.6) is 0 Å². The van der Waals surface area contributed by atoms with Crippen LogP contribution in [0.15, 0.2) is 48.0 Å². The molecule has 116 valence electrons. The molecule has 3 aromatic rings. The molecule has 8 heteroatoms. The van der Waals surface area contributed by atoms with Gasteiger partial charge in [-0.25, -0.2) is 9.97 Å². The number of carbonyl (C=O) groups is 1. The minimum Gasteiger partial charge on any atom is -0.347 e. The molecule has 0 aliphatic rings. The van der Waals surface area contributed by atoms with Crippen molar-refractivity contribution in [2.45, 2.75) is 6.92 Å². The topological polar surface area (TPSA) is 98.7 Å². The average molecular weight is 310 g/mol. The lowest BCUT2D eigenvalue weighted by Crippen LogP contribution is -2.23. The predicted octanol–water partition coefficient (Wildman–Crippen LogP) is 1.54. The van der Waals surface area contributed by atoms with Gasteiger partial charge in [0.15, 0.2) is 5.82 Å². The molecule has 1 N–H and O–H groups in total. The zero-order chi connectivity index (χ0) is 16.2. The number of imidazole rings is 1. The van der Waals surface area contributed by atoms with Gasteiger partial charge in [-0.3, -0.25) is 9.36 Å². The molecule has 8 nitrogen and oxygen atoms in total. The number of nitrogens with one attached hydrogen (secondary N) is 1. The second-order valence-corrected chi connectivity index (χ2v) is 4.71. The monoisotopic (exact) mass is 310 g/mol. The van der Waals surface area contributed by atoms with E-state index >= 15 is 0 Å². The summed E-state index contributed by atoms with van der Waals surface area (Å²) in [5, 5.41) is 6.43. The molecule has 0 fully saturated rings. The van der Waals surface area contributed by atoms with Crippen LogP contribution in [0.2, 0.25) is 0 Å². The van der Waals surface area contributed by atoms with Crippen molar-refractivity contribution < 1.29 is 9.32 Å². The van der Waals surface area contributed by atoms with Crippen molar-refractivity contribution >= 4 is 5.91 Å². The number of hydrogen-bond donors (Lipinski definition) is 1. The fourth-order valence-electron chi connectivity index (χ4n) is 1.93.